The number of nitrogens with two attached hydrogens (primary N) is 1. The first-order chi connectivity index (χ1) is 9.43. The van der Waals surface area contributed by atoms with Gasteiger partial charge in [-0.15, -0.1) is 0 Å². The van der Waals surface area contributed by atoms with Crippen LogP contribution in [0.25, 0.3) is 0 Å². The van der Waals surface area contributed by atoms with Gasteiger partial charge in [0.25, 0.3) is 0 Å². The Bertz CT molecular complexity index is 460. The molecule has 2 N–H and O–H groups in total. The molecule has 0 saturated carbocycles. The molecule has 1 aromatic carbocycles. The Kier molecular flexibility index (Phi) is 4.67. The summed E-state index contributed by atoms with van der Waals surface area (Å²) < 4.78 is 45.3. The summed E-state index contributed by atoms with van der Waals surface area (Å²) >= 11 is 0. The molecule has 112 valence electrons. The predicted octanol–water partition coefficient (Wildman–Crippen LogP) is 2.21. The number of hydrogen-bond donors (Lipinski definition) is 1. The number of nitrogens with zero attached hydrogens (tertiary/aromatic N) is 1. The number of benzene rings is 1. The fourth-order valence-electron chi connectivity index (χ4n) is 2.59. The fourth-order valence-corrected chi connectivity index (χ4v) is 2.59. The zero-order valence-electron chi connectivity index (χ0n) is 11.6. The number of rotatable bonds is 3. The molecule has 3 nitrogen and oxygen atoms in total. The Morgan fingerprint density at radius 1 is 1.30 bits per heavy atom. The van der Waals surface area contributed by atoms with Crippen LogP contribution in [0.15, 0.2) is 12.1 Å². The van der Waals surface area contributed by atoms with Crippen molar-refractivity contribution in [3.63, 3.8) is 0 Å². The second-order valence-corrected chi connectivity index (χ2v) is 5.24. The minimum absolute atomic E-state index is 0.0235. The predicted molar refractivity (Wildman–Crippen MR) is 69.7 cm³/mol. The normalized spacial score (nSPS) is 25.7. The van der Waals surface area contributed by atoms with Crippen LogP contribution in [0.1, 0.15) is 25.5 Å². The van der Waals surface area contributed by atoms with E-state index < -0.39 is 17.5 Å². The molecule has 1 aliphatic rings. The van der Waals surface area contributed by atoms with Gasteiger partial charge in [-0.1, -0.05) is 0 Å². The van der Waals surface area contributed by atoms with E-state index >= 15 is 0 Å². The lowest BCUT2D eigenvalue weighted by atomic mass is 10.0. The molecule has 1 saturated heterocycles. The third kappa shape index (κ3) is 2.97. The summed E-state index contributed by atoms with van der Waals surface area (Å²) in [4.78, 5) is 2.04. The van der Waals surface area contributed by atoms with Crippen molar-refractivity contribution in [2.75, 3.05) is 19.7 Å². The van der Waals surface area contributed by atoms with Crippen LogP contribution in [0.5, 0.6) is 0 Å². The molecule has 3 unspecified atom stereocenters. The number of ether oxygens (including phenoxy) is 1. The highest BCUT2D eigenvalue weighted by Crippen LogP contribution is 2.27. The quantitative estimate of drug-likeness (QED) is 0.867. The van der Waals surface area contributed by atoms with Crippen molar-refractivity contribution in [2.24, 2.45) is 5.73 Å². The first-order valence-corrected chi connectivity index (χ1v) is 6.66. The van der Waals surface area contributed by atoms with Crippen molar-refractivity contribution in [1.29, 1.82) is 0 Å². The number of morpholine rings is 1. The Balaban J connectivity index is 2.32. The van der Waals surface area contributed by atoms with Crippen LogP contribution in [0, 0.1) is 17.5 Å². The third-order valence-corrected chi connectivity index (χ3v) is 3.67. The van der Waals surface area contributed by atoms with Crippen LogP contribution in [0.3, 0.4) is 0 Å². The van der Waals surface area contributed by atoms with Crippen molar-refractivity contribution < 1.29 is 17.9 Å². The Labute approximate surface area is 116 Å². The van der Waals surface area contributed by atoms with Gasteiger partial charge in [-0.05, 0) is 31.5 Å². The maximum Gasteiger partial charge on any atom is 0.194 e. The highest BCUT2D eigenvalue weighted by atomic mass is 19.2. The average molecular weight is 288 g/mol. The van der Waals surface area contributed by atoms with Gasteiger partial charge in [0.1, 0.15) is 0 Å². The summed E-state index contributed by atoms with van der Waals surface area (Å²) in [6.07, 6.45) is 0.0235. The van der Waals surface area contributed by atoms with Gasteiger partial charge in [0.15, 0.2) is 17.5 Å². The average Bonchev–Trinajstić information content (AvgIpc) is 2.40. The van der Waals surface area contributed by atoms with Crippen molar-refractivity contribution in [3.8, 4) is 0 Å². The second-order valence-electron chi connectivity index (χ2n) is 5.24. The molecular weight excluding hydrogens is 269 g/mol. The van der Waals surface area contributed by atoms with Gasteiger partial charge >= 0.3 is 0 Å². The molecule has 1 fully saturated rings. The monoisotopic (exact) mass is 288 g/mol. The summed E-state index contributed by atoms with van der Waals surface area (Å²) in [7, 11) is 0. The summed E-state index contributed by atoms with van der Waals surface area (Å²) in [6.45, 7) is 5.23. The lowest BCUT2D eigenvalue weighted by molar-refractivity contribution is -0.0654. The topological polar surface area (TPSA) is 38.5 Å². The molecule has 3 atom stereocenters. The molecule has 0 aliphatic carbocycles. The molecule has 1 heterocycles. The highest BCUT2D eigenvalue weighted by Gasteiger charge is 2.30. The fraction of sp³-hybridized carbons (Fsp3) is 0.571. The molecule has 0 radical (unpaired) electrons. The van der Waals surface area contributed by atoms with E-state index in [-0.39, 0.29) is 24.7 Å². The van der Waals surface area contributed by atoms with E-state index in [1.165, 1.54) is 0 Å². The SMILES string of the molecule is CC1CN(C(CN)c2cc(F)c(F)c(F)c2)C(C)CO1. The molecule has 0 amide bonds. The van der Waals surface area contributed by atoms with E-state index in [9.17, 15) is 13.2 Å². The zero-order chi connectivity index (χ0) is 14.9. The summed E-state index contributed by atoms with van der Waals surface area (Å²) in [6, 6.07) is 1.75. The van der Waals surface area contributed by atoms with Gasteiger partial charge in [0.2, 0.25) is 0 Å². The Morgan fingerprint density at radius 2 is 1.90 bits per heavy atom. The van der Waals surface area contributed by atoms with Crippen LogP contribution >= 0.6 is 0 Å². The first-order valence-electron chi connectivity index (χ1n) is 6.66. The summed E-state index contributed by atoms with van der Waals surface area (Å²) in [5.74, 6) is -3.83. The standard InChI is InChI=1S/C14H19F3N2O/c1-8-7-20-9(2)6-19(8)13(5-18)10-3-11(15)14(17)12(16)4-10/h3-4,8-9,13H,5-7,18H2,1-2H3. The molecule has 1 aromatic rings. The van der Waals surface area contributed by atoms with Gasteiger partial charge in [0, 0.05) is 25.2 Å². The summed E-state index contributed by atoms with van der Waals surface area (Å²) in [5, 5.41) is 0. The van der Waals surface area contributed by atoms with Gasteiger partial charge < -0.3 is 10.5 Å². The minimum Gasteiger partial charge on any atom is -0.376 e. The van der Waals surface area contributed by atoms with E-state index in [2.05, 4.69) is 0 Å². The molecule has 2 rings (SSSR count). The molecule has 1 aliphatic heterocycles. The van der Waals surface area contributed by atoms with Crippen molar-refractivity contribution >= 4 is 0 Å². The lowest BCUT2D eigenvalue weighted by Crippen LogP contribution is -2.50. The maximum absolute atomic E-state index is 13.4. The Hall–Kier alpha value is -1.11. The number of halogens is 3. The maximum atomic E-state index is 13.4. The van der Waals surface area contributed by atoms with Crippen LogP contribution in [-0.2, 0) is 4.74 Å². The molecular formula is C14H19F3N2O. The Morgan fingerprint density at radius 3 is 2.45 bits per heavy atom. The zero-order valence-corrected chi connectivity index (χ0v) is 11.6. The third-order valence-electron chi connectivity index (χ3n) is 3.67. The van der Waals surface area contributed by atoms with Gasteiger partial charge in [-0.25, -0.2) is 13.2 Å². The van der Waals surface area contributed by atoms with Crippen LogP contribution in [0.4, 0.5) is 13.2 Å². The van der Waals surface area contributed by atoms with E-state index in [4.69, 9.17) is 10.5 Å². The highest BCUT2D eigenvalue weighted by molar-refractivity contribution is 5.23. The largest absolute Gasteiger partial charge is 0.376 e. The van der Waals surface area contributed by atoms with Crippen LogP contribution in [0.2, 0.25) is 0 Å². The smallest absolute Gasteiger partial charge is 0.194 e. The molecule has 0 aromatic heterocycles. The molecule has 0 bridgehead atoms. The van der Waals surface area contributed by atoms with Crippen LogP contribution in [-0.4, -0.2) is 36.7 Å². The van der Waals surface area contributed by atoms with E-state index in [1.54, 1.807) is 0 Å². The number of hydrogen-bond acceptors (Lipinski definition) is 3. The molecule has 0 spiro atoms. The second kappa shape index (κ2) is 6.11. The van der Waals surface area contributed by atoms with E-state index in [1.807, 2.05) is 18.7 Å². The van der Waals surface area contributed by atoms with Crippen molar-refractivity contribution in [3.05, 3.63) is 35.1 Å². The van der Waals surface area contributed by atoms with Crippen molar-refractivity contribution in [2.45, 2.75) is 32.0 Å². The molecule has 20 heavy (non-hydrogen) atoms. The van der Waals surface area contributed by atoms with Gasteiger partial charge in [-0.2, -0.15) is 0 Å². The van der Waals surface area contributed by atoms with Gasteiger partial charge in [-0.3, -0.25) is 4.90 Å². The van der Waals surface area contributed by atoms with Crippen molar-refractivity contribution in [1.82, 2.24) is 4.90 Å². The van der Waals surface area contributed by atoms with Gasteiger partial charge in [0.05, 0.1) is 12.7 Å². The van der Waals surface area contributed by atoms with E-state index in [0.29, 0.717) is 18.7 Å². The first kappa shape index (κ1) is 15.3. The summed E-state index contributed by atoms with van der Waals surface area (Å²) in [5.41, 5.74) is 6.11. The van der Waals surface area contributed by atoms with E-state index in [0.717, 1.165) is 12.1 Å². The van der Waals surface area contributed by atoms with Crippen LogP contribution < -0.4 is 5.73 Å². The molecule has 6 heteroatoms. The minimum atomic E-state index is -1.45. The lowest BCUT2D eigenvalue weighted by Gasteiger charge is -2.41.